The van der Waals surface area contributed by atoms with E-state index >= 15 is 0 Å². The van der Waals surface area contributed by atoms with Gasteiger partial charge in [0, 0.05) is 34.1 Å². The molecule has 1 amide bonds. The summed E-state index contributed by atoms with van der Waals surface area (Å²) in [5.41, 5.74) is 0.979. The molecule has 1 heterocycles. The van der Waals surface area contributed by atoms with Crippen LogP contribution in [0.4, 0.5) is 0 Å². The molecule has 0 radical (unpaired) electrons. The Hall–Kier alpha value is -0.770. The number of amides is 1. The van der Waals surface area contributed by atoms with Crippen molar-refractivity contribution < 1.29 is 4.79 Å². The van der Waals surface area contributed by atoms with Crippen molar-refractivity contribution in [3.05, 3.63) is 33.8 Å². The Morgan fingerprint density at radius 3 is 2.30 bits per heavy atom. The maximum atomic E-state index is 12.3. The zero-order valence-corrected chi connectivity index (χ0v) is 15.6. The first-order valence-corrected chi connectivity index (χ1v) is 9.09. The summed E-state index contributed by atoms with van der Waals surface area (Å²) in [7, 11) is 0. The smallest absolute Gasteiger partial charge is 0.223 e. The van der Waals surface area contributed by atoms with Gasteiger partial charge < -0.3 is 5.32 Å². The Morgan fingerprint density at radius 2 is 1.78 bits per heavy atom. The lowest BCUT2D eigenvalue weighted by Gasteiger charge is -2.32. The van der Waals surface area contributed by atoms with Crippen molar-refractivity contribution in [3.8, 4) is 0 Å². The molecule has 1 fully saturated rings. The highest BCUT2D eigenvalue weighted by molar-refractivity contribution is 6.35. The van der Waals surface area contributed by atoms with Gasteiger partial charge in [-0.05, 0) is 50.9 Å². The second-order valence-electron chi connectivity index (χ2n) is 6.79. The predicted molar refractivity (Wildman–Crippen MR) is 96.9 cm³/mol. The number of carbonyl (C=O) groups excluding carboxylic acids is 1. The van der Waals surface area contributed by atoms with E-state index in [0.29, 0.717) is 16.0 Å². The van der Waals surface area contributed by atoms with E-state index in [1.165, 1.54) is 0 Å². The standard InChI is InChI=1S/C18H26Cl2N2O/c1-12(2)13(3)21-18(23)14-7-9-22(10-8-14)11-15-16(19)5-4-6-17(15)20/h4-6,12-14H,7-11H2,1-3H3,(H,21,23)/t13-/m1/s1. The summed E-state index contributed by atoms with van der Waals surface area (Å²) in [6.07, 6.45) is 1.78. The van der Waals surface area contributed by atoms with E-state index in [1.807, 2.05) is 18.2 Å². The molecule has 23 heavy (non-hydrogen) atoms. The van der Waals surface area contributed by atoms with Crippen LogP contribution in [0, 0.1) is 11.8 Å². The molecule has 128 valence electrons. The second-order valence-corrected chi connectivity index (χ2v) is 7.61. The summed E-state index contributed by atoms with van der Waals surface area (Å²) >= 11 is 12.5. The maximum Gasteiger partial charge on any atom is 0.223 e. The van der Waals surface area contributed by atoms with E-state index in [2.05, 4.69) is 31.0 Å². The van der Waals surface area contributed by atoms with Crippen LogP contribution in [0.5, 0.6) is 0 Å². The van der Waals surface area contributed by atoms with Crippen molar-refractivity contribution >= 4 is 29.1 Å². The summed E-state index contributed by atoms with van der Waals surface area (Å²) in [6, 6.07) is 5.83. The van der Waals surface area contributed by atoms with Crippen molar-refractivity contribution in [2.45, 2.75) is 46.2 Å². The summed E-state index contributed by atoms with van der Waals surface area (Å²) in [5.74, 6) is 0.775. The number of rotatable bonds is 5. The molecule has 5 heteroatoms. The number of piperidine rings is 1. The molecule has 3 nitrogen and oxygen atoms in total. The molecule has 1 aromatic rings. The van der Waals surface area contributed by atoms with Crippen LogP contribution in [0.15, 0.2) is 18.2 Å². The molecule has 1 atom stereocenters. The van der Waals surface area contributed by atoms with Gasteiger partial charge >= 0.3 is 0 Å². The summed E-state index contributed by atoms with van der Waals surface area (Å²) in [4.78, 5) is 14.6. The van der Waals surface area contributed by atoms with Gasteiger partial charge in [0.1, 0.15) is 0 Å². The van der Waals surface area contributed by atoms with Crippen molar-refractivity contribution in [1.29, 1.82) is 0 Å². The Morgan fingerprint density at radius 1 is 1.22 bits per heavy atom. The van der Waals surface area contributed by atoms with Crippen LogP contribution in [-0.2, 0) is 11.3 Å². The average Bonchev–Trinajstić information content (AvgIpc) is 2.51. The fourth-order valence-corrected chi connectivity index (χ4v) is 3.29. The number of likely N-dealkylation sites (tertiary alicyclic amines) is 1. The molecule has 2 rings (SSSR count). The fourth-order valence-electron chi connectivity index (χ4n) is 2.77. The van der Waals surface area contributed by atoms with Crippen molar-refractivity contribution in [2.24, 2.45) is 11.8 Å². The van der Waals surface area contributed by atoms with Crippen molar-refractivity contribution in [3.63, 3.8) is 0 Å². The first-order valence-electron chi connectivity index (χ1n) is 8.34. The van der Waals surface area contributed by atoms with E-state index in [9.17, 15) is 4.79 Å². The van der Waals surface area contributed by atoms with E-state index in [4.69, 9.17) is 23.2 Å². The van der Waals surface area contributed by atoms with Gasteiger partial charge in [0.25, 0.3) is 0 Å². The topological polar surface area (TPSA) is 32.3 Å². The molecule has 0 unspecified atom stereocenters. The quantitative estimate of drug-likeness (QED) is 0.849. The second kappa shape index (κ2) is 8.36. The summed E-state index contributed by atoms with van der Waals surface area (Å²) in [5, 5.41) is 4.55. The Bertz CT molecular complexity index is 520. The van der Waals surface area contributed by atoms with Gasteiger partial charge in [-0.2, -0.15) is 0 Å². The lowest BCUT2D eigenvalue weighted by Crippen LogP contribution is -2.44. The molecule has 0 bridgehead atoms. The summed E-state index contributed by atoms with van der Waals surface area (Å²) < 4.78 is 0. The molecule has 1 aromatic carbocycles. The van der Waals surface area contributed by atoms with Crippen LogP contribution in [0.1, 0.15) is 39.2 Å². The highest BCUT2D eigenvalue weighted by Crippen LogP contribution is 2.27. The SMILES string of the molecule is CC(C)[C@@H](C)NC(=O)C1CCN(Cc2c(Cl)cccc2Cl)CC1. The Labute approximate surface area is 149 Å². The molecule has 1 N–H and O–H groups in total. The minimum absolute atomic E-state index is 0.120. The third-order valence-electron chi connectivity index (χ3n) is 4.77. The number of hydrogen-bond donors (Lipinski definition) is 1. The molecule has 1 aliphatic heterocycles. The molecule has 0 saturated carbocycles. The number of carbonyl (C=O) groups is 1. The molecule has 1 saturated heterocycles. The third kappa shape index (κ3) is 5.10. The van der Waals surface area contributed by atoms with Gasteiger partial charge in [-0.3, -0.25) is 9.69 Å². The van der Waals surface area contributed by atoms with Crippen LogP contribution < -0.4 is 5.32 Å². The maximum absolute atomic E-state index is 12.3. The first kappa shape index (κ1) is 18.6. The number of halogens is 2. The molecule has 1 aliphatic rings. The number of benzene rings is 1. The number of hydrogen-bond acceptors (Lipinski definition) is 2. The Kier molecular flexibility index (Phi) is 6.75. The monoisotopic (exact) mass is 356 g/mol. The average molecular weight is 357 g/mol. The minimum Gasteiger partial charge on any atom is -0.353 e. The van der Waals surface area contributed by atoms with E-state index in [-0.39, 0.29) is 17.9 Å². The van der Waals surface area contributed by atoms with Gasteiger partial charge in [0.15, 0.2) is 0 Å². The fraction of sp³-hybridized carbons (Fsp3) is 0.611. The lowest BCUT2D eigenvalue weighted by atomic mass is 9.94. The highest BCUT2D eigenvalue weighted by Gasteiger charge is 2.26. The van der Waals surface area contributed by atoms with Gasteiger partial charge in [-0.1, -0.05) is 43.1 Å². The normalized spacial score (nSPS) is 18.2. The summed E-state index contributed by atoms with van der Waals surface area (Å²) in [6.45, 7) is 8.86. The Balaban J connectivity index is 1.85. The predicted octanol–water partition coefficient (Wildman–Crippen LogP) is 4.37. The van der Waals surface area contributed by atoms with Crippen LogP contribution in [0.3, 0.4) is 0 Å². The molecular formula is C18H26Cl2N2O. The van der Waals surface area contributed by atoms with Crippen LogP contribution in [0.25, 0.3) is 0 Å². The van der Waals surface area contributed by atoms with Crippen LogP contribution >= 0.6 is 23.2 Å². The van der Waals surface area contributed by atoms with Crippen LogP contribution in [-0.4, -0.2) is 29.9 Å². The van der Waals surface area contributed by atoms with Crippen molar-refractivity contribution in [1.82, 2.24) is 10.2 Å². The zero-order chi connectivity index (χ0) is 17.0. The van der Waals surface area contributed by atoms with E-state index in [1.54, 1.807) is 0 Å². The molecule has 0 aromatic heterocycles. The minimum atomic E-state index is 0.120. The highest BCUT2D eigenvalue weighted by atomic mass is 35.5. The van der Waals surface area contributed by atoms with Crippen molar-refractivity contribution in [2.75, 3.05) is 13.1 Å². The van der Waals surface area contributed by atoms with Gasteiger partial charge in [0.2, 0.25) is 5.91 Å². The third-order valence-corrected chi connectivity index (χ3v) is 5.48. The lowest BCUT2D eigenvalue weighted by molar-refractivity contribution is -0.127. The van der Waals surface area contributed by atoms with Gasteiger partial charge in [-0.15, -0.1) is 0 Å². The molecule has 0 aliphatic carbocycles. The van der Waals surface area contributed by atoms with E-state index < -0.39 is 0 Å². The van der Waals surface area contributed by atoms with Gasteiger partial charge in [-0.25, -0.2) is 0 Å². The first-order chi connectivity index (χ1) is 10.9. The molecule has 0 spiro atoms. The van der Waals surface area contributed by atoms with Crippen LogP contribution in [0.2, 0.25) is 10.0 Å². The van der Waals surface area contributed by atoms with Gasteiger partial charge in [0.05, 0.1) is 0 Å². The largest absolute Gasteiger partial charge is 0.353 e. The number of nitrogens with zero attached hydrogens (tertiary/aromatic N) is 1. The molecular weight excluding hydrogens is 331 g/mol. The zero-order valence-electron chi connectivity index (χ0n) is 14.1. The number of nitrogens with one attached hydrogen (secondary N) is 1. The van der Waals surface area contributed by atoms with E-state index in [0.717, 1.165) is 38.0 Å².